The van der Waals surface area contributed by atoms with Crippen molar-refractivity contribution in [1.82, 2.24) is 5.32 Å². The van der Waals surface area contributed by atoms with Gasteiger partial charge in [-0.3, -0.25) is 4.79 Å². The summed E-state index contributed by atoms with van der Waals surface area (Å²) >= 11 is 0. The number of ether oxygens (including phenoxy) is 2. The van der Waals surface area contributed by atoms with Gasteiger partial charge in [-0.25, -0.2) is 0 Å². The fourth-order valence-electron chi connectivity index (χ4n) is 4.19. The number of unbranched alkanes of at least 4 members (excludes halogenated alkanes) is 4. The molecule has 1 heterocycles. The minimum atomic E-state index is -1.33. The van der Waals surface area contributed by atoms with Crippen LogP contribution in [0.4, 0.5) is 0 Å². The summed E-state index contributed by atoms with van der Waals surface area (Å²) in [6, 6.07) is 14.8. The molecule has 0 bridgehead atoms. The second-order valence-electron chi connectivity index (χ2n) is 8.59. The summed E-state index contributed by atoms with van der Waals surface area (Å²) in [5.41, 5.74) is 0.151. The van der Waals surface area contributed by atoms with Gasteiger partial charge in [-0.05, 0) is 54.7 Å². The van der Waals surface area contributed by atoms with E-state index in [4.69, 9.17) is 9.47 Å². The van der Waals surface area contributed by atoms with E-state index in [1.807, 2.05) is 48.5 Å². The molecule has 0 unspecified atom stereocenters. The van der Waals surface area contributed by atoms with Gasteiger partial charge in [-0.15, -0.1) is 0 Å². The summed E-state index contributed by atoms with van der Waals surface area (Å²) < 4.78 is 11.7. The largest absolute Gasteiger partial charge is 0.494 e. The summed E-state index contributed by atoms with van der Waals surface area (Å²) in [7, 11) is 0. The minimum Gasteiger partial charge on any atom is -0.494 e. The molecule has 1 fully saturated rings. The number of nitrogens with one attached hydrogen (secondary N) is 1. The summed E-state index contributed by atoms with van der Waals surface area (Å²) in [5, 5.41) is 14.9. The maximum absolute atomic E-state index is 12.0. The van der Waals surface area contributed by atoms with Gasteiger partial charge in [0.1, 0.15) is 17.1 Å². The highest BCUT2D eigenvalue weighted by Gasteiger charge is 2.43. The monoisotopic (exact) mass is 439 g/mol. The predicted molar refractivity (Wildman–Crippen MR) is 127 cm³/mol. The van der Waals surface area contributed by atoms with E-state index in [-0.39, 0.29) is 11.9 Å². The van der Waals surface area contributed by atoms with Crippen molar-refractivity contribution in [1.29, 1.82) is 0 Å². The molecular formula is C27H37NO4. The molecule has 2 aromatic rings. The second-order valence-corrected chi connectivity index (χ2v) is 8.59. The fraction of sp³-hybridized carbons (Fsp3) is 0.519. The van der Waals surface area contributed by atoms with E-state index in [2.05, 4.69) is 19.2 Å². The molecule has 1 amide bonds. The Morgan fingerprint density at radius 2 is 1.31 bits per heavy atom. The molecule has 5 heteroatoms. The van der Waals surface area contributed by atoms with Crippen molar-refractivity contribution in [3.63, 3.8) is 0 Å². The Balaban J connectivity index is 1.78. The molecule has 0 spiro atoms. The van der Waals surface area contributed by atoms with Crippen LogP contribution in [0.15, 0.2) is 48.5 Å². The number of hydrogen-bond donors (Lipinski definition) is 2. The van der Waals surface area contributed by atoms with E-state index in [1.54, 1.807) is 0 Å². The number of rotatable bonds is 13. The van der Waals surface area contributed by atoms with Crippen molar-refractivity contribution in [3.05, 3.63) is 59.7 Å². The first-order valence-corrected chi connectivity index (χ1v) is 12.1. The van der Waals surface area contributed by atoms with Gasteiger partial charge >= 0.3 is 0 Å². The van der Waals surface area contributed by atoms with E-state index >= 15 is 0 Å². The molecule has 2 N–H and O–H groups in total. The molecular weight excluding hydrogens is 402 g/mol. The third-order valence-electron chi connectivity index (χ3n) is 6.12. The Labute approximate surface area is 192 Å². The normalized spacial score (nSPS) is 16.1. The van der Waals surface area contributed by atoms with Crippen LogP contribution in [0.3, 0.4) is 0 Å². The number of carbonyl (C=O) groups is 1. The van der Waals surface area contributed by atoms with Gasteiger partial charge in [0, 0.05) is 6.42 Å². The summed E-state index contributed by atoms with van der Waals surface area (Å²) in [6.45, 7) is 5.72. The van der Waals surface area contributed by atoms with Gasteiger partial charge in [-0.2, -0.15) is 0 Å². The van der Waals surface area contributed by atoms with Crippen LogP contribution in [0, 0.1) is 0 Å². The zero-order valence-electron chi connectivity index (χ0n) is 19.4. The highest BCUT2D eigenvalue weighted by Crippen LogP contribution is 2.38. The van der Waals surface area contributed by atoms with Crippen molar-refractivity contribution in [2.24, 2.45) is 0 Å². The molecule has 5 nitrogen and oxygen atoms in total. The smallest absolute Gasteiger partial charge is 0.220 e. The molecule has 1 atom stereocenters. The van der Waals surface area contributed by atoms with Crippen LogP contribution in [-0.2, 0) is 10.4 Å². The predicted octanol–water partition coefficient (Wildman–Crippen LogP) is 5.34. The maximum atomic E-state index is 12.0. The standard InChI is InChI=1S/C27H37NO4/c1-3-5-7-19-31-23-13-9-21(10-14-23)27(30,25-17-18-26(29)28-25)22-11-15-24(16-12-22)32-20-8-6-4-2/h9-16,25,30H,3-8,17-20H2,1-2H3,(H,28,29)/t25-/m0/s1. The third kappa shape index (κ3) is 6.04. The Hall–Kier alpha value is -2.53. The van der Waals surface area contributed by atoms with Gasteiger partial charge in [0.25, 0.3) is 0 Å². The summed E-state index contributed by atoms with van der Waals surface area (Å²) in [6.07, 6.45) is 7.68. The zero-order valence-corrected chi connectivity index (χ0v) is 19.4. The molecule has 2 aromatic carbocycles. The number of carbonyl (C=O) groups excluding carboxylic acids is 1. The second kappa shape index (κ2) is 11.9. The minimum absolute atomic E-state index is 0.0276. The quantitative estimate of drug-likeness (QED) is 0.414. The van der Waals surface area contributed by atoms with Crippen LogP contribution < -0.4 is 14.8 Å². The van der Waals surface area contributed by atoms with Gasteiger partial charge in [0.05, 0.1) is 19.3 Å². The molecule has 0 radical (unpaired) electrons. The van der Waals surface area contributed by atoms with E-state index < -0.39 is 5.60 Å². The first-order valence-electron chi connectivity index (χ1n) is 12.1. The highest BCUT2D eigenvalue weighted by molar-refractivity contribution is 5.79. The first-order chi connectivity index (χ1) is 15.6. The molecule has 32 heavy (non-hydrogen) atoms. The van der Waals surface area contributed by atoms with E-state index in [0.29, 0.717) is 26.1 Å². The van der Waals surface area contributed by atoms with E-state index in [0.717, 1.165) is 61.2 Å². The van der Waals surface area contributed by atoms with Crippen LogP contribution in [0.1, 0.15) is 76.3 Å². The van der Waals surface area contributed by atoms with Gasteiger partial charge in [0.15, 0.2) is 0 Å². The van der Waals surface area contributed by atoms with E-state index in [1.165, 1.54) is 0 Å². The number of amides is 1. The molecule has 1 aliphatic heterocycles. The Bertz CT molecular complexity index is 776. The Kier molecular flexibility index (Phi) is 8.98. The van der Waals surface area contributed by atoms with Gasteiger partial charge in [0.2, 0.25) is 5.91 Å². The maximum Gasteiger partial charge on any atom is 0.220 e. The number of benzene rings is 2. The summed E-state index contributed by atoms with van der Waals surface area (Å²) in [5.74, 6) is 1.55. The van der Waals surface area contributed by atoms with Crippen LogP contribution in [0.2, 0.25) is 0 Å². The Morgan fingerprint density at radius 3 is 1.69 bits per heavy atom. The average Bonchev–Trinajstić information content (AvgIpc) is 3.27. The SMILES string of the molecule is CCCCCOc1ccc(C(O)(c2ccc(OCCCCC)cc2)[C@@H]2CCC(=O)N2)cc1. The molecule has 174 valence electrons. The van der Waals surface area contributed by atoms with E-state index in [9.17, 15) is 9.90 Å². The third-order valence-corrected chi connectivity index (χ3v) is 6.12. The lowest BCUT2D eigenvalue weighted by Crippen LogP contribution is -2.47. The average molecular weight is 440 g/mol. The highest BCUT2D eigenvalue weighted by atomic mass is 16.5. The van der Waals surface area contributed by atoms with Crippen molar-refractivity contribution < 1.29 is 19.4 Å². The lowest BCUT2D eigenvalue weighted by molar-refractivity contribution is -0.120. The first kappa shape index (κ1) is 24.1. The molecule has 1 aliphatic rings. The molecule has 0 saturated carbocycles. The van der Waals surface area contributed by atoms with Crippen LogP contribution in [-0.4, -0.2) is 30.3 Å². The van der Waals surface area contributed by atoms with Crippen LogP contribution >= 0.6 is 0 Å². The number of aliphatic hydroxyl groups is 1. The molecule has 1 saturated heterocycles. The lowest BCUT2D eigenvalue weighted by Gasteiger charge is -2.35. The lowest BCUT2D eigenvalue weighted by atomic mass is 9.79. The van der Waals surface area contributed by atoms with Crippen molar-refractivity contribution in [2.45, 2.75) is 76.9 Å². The number of hydrogen-bond acceptors (Lipinski definition) is 4. The summed E-state index contributed by atoms with van der Waals surface area (Å²) in [4.78, 5) is 12.0. The zero-order chi connectivity index (χ0) is 22.8. The van der Waals surface area contributed by atoms with Crippen LogP contribution in [0.25, 0.3) is 0 Å². The van der Waals surface area contributed by atoms with Crippen molar-refractivity contribution in [3.8, 4) is 11.5 Å². The van der Waals surface area contributed by atoms with Gasteiger partial charge < -0.3 is 19.9 Å². The molecule has 0 aromatic heterocycles. The molecule has 3 rings (SSSR count). The van der Waals surface area contributed by atoms with Crippen molar-refractivity contribution >= 4 is 5.91 Å². The fourth-order valence-corrected chi connectivity index (χ4v) is 4.19. The van der Waals surface area contributed by atoms with Crippen LogP contribution in [0.5, 0.6) is 11.5 Å². The molecule has 0 aliphatic carbocycles. The van der Waals surface area contributed by atoms with Gasteiger partial charge in [-0.1, -0.05) is 63.8 Å². The Morgan fingerprint density at radius 1 is 0.844 bits per heavy atom. The van der Waals surface area contributed by atoms with Crippen molar-refractivity contribution in [2.75, 3.05) is 13.2 Å². The topological polar surface area (TPSA) is 67.8 Å².